The lowest BCUT2D eigenvalue weighted by molar-refractivity contribution is 0.791. The molecule has 0 fully saturated rings. The molecule has 0 radical (unpaired) electrons. The summed E-state index contributed by atoms with van der Waals surface area (Å²) in [7, 11) is 1.83. The van der Waals surface area contributed by atoms with Crippen molar-refractivity contribution in [2.75, 3.05) is 5.73 Å². The van der Waals surface area contributed by atoms with Gasteiger partial charge in [-0.2, -0.15) is 5.10 Å². The van der Waals surface area contributed by atoms with Gasteiger partial charge in [0, 0.05) is 16.8 Å². The Balaban J connectivity index is 2.90. The normalized spacial score (nSPS) is 10.8. The van der Waals surface area contributed by atoms with Gasteiger partial charge in [-0.3, -0.25) is 0 Å². The van der Waals surface area contributed by atoms with Crippen LogP contribution in [0.25, 0.3) is 11.0 Å². The number of aromatic nitrogens is 3. The summed E-state index contributed by atoms with van der Waals surface area (Å²) in [5, 5.41) is 4.98. The molecule has 2 aromatic rings. The number of rotatable bonds is 0. The molecule has 0 atom stereocenters. The second kappa shape index (κ2) is 2.58. The summed E-state index contributed by atoms with van der Waals surface area (Å²) in [6.07, 6.45) is 1.80. The van der Waals surface area contributed by atoms with Gasteiger partial charge in [0.25, 0.3) is 0 Å². The van der Waals surface area contributed by atoms with Crippen LogP contribution in [-0.2, 0) is 7.05 Å². The van der Waals surface area contributed by atoms with Crippen LogP contribution in [0.4, 0.5) is 5.82 Å². The van der Waals surface area contributed by atoms with Gasteiger partial charge >= 0.3 is 0 Å². The second-order valence-electron chi connectivity index (χ2n) is 2.53. The summed E-state index contributed by atoms with van der Waals surface area (Å²) in [5.74, 6) is 0.540. The van der Waals surface area contributed by atoms with Crippen LogP contribution >= 0.6 is 22.6 Å². The molecule has 0 amide bonds. The zero-order chi connectivity index (χ0) is 8.72. The fraction of sp³-hybridized carbons (Fsp3) is 0.143. The molecular weight excluding hydrogens is 267 g/mol. The van der Waals surface area contributed by atoms with Gasteiger partial charge in [-0.15, -0.1) is 0 Å². The minimum Gasteiger partial charge on any atom is -0.382 e. The predicted octanol–water partition coefficient (Wildman–Crippen LogP) is 1.16. The smallest absolute Gasteiger partial charge is 0.159 e. The fourth-order valence-corrected chi connectivity index (χ4v) is 1.59. The van der Waals surface area contributed by atoms with Crippen molar-refractivity contribution >= 4 is 39.4 Å². The van der Waals surface area contributed by atoms with Gasteiger partial charge < -0.3 is 5.73 Å². The monoisotopic (exact) mass is 274 g/mol. The van der Waals surface area contributed by atoms with E-state index in [1.807, 2.05) is 13.1 Å². The molecule has 2 rings (SSSR count). The first kappa shape index (κ1) is 7.78. The van der Waals surface area contributed by atoms with E-state index in [9.17, 15) is 0 Å². The minimum atomic E-state index is 0.540. The Labute approximate surface area is 82.9 Å². The van der Waals surface area contributed by atoms with E-state index in [0.29, 0.717) is 5.82 Å². The van der Waals surface area contributed by atoms with E-state index >= 15 is 0 Å². The van der Waals surface area contributed by atoms with Gasteiger partial charge in [0.15, 0.2) is 11.5 Å². The van der Waals surface area contributed by atoms with E-state index < -0.39 is 0 Å². The Morgan fingerprint density at radius 3 is 3.08 bits per heavy atom. The molecule has 2 heterocycles. The van der Waals surface area contributed by atoms with Crippen molar-refractivity contribution in [3.63, 3.8) is 0 Å². The molecule has 4 nitrogen and oxygen atoms in total. The van der Waals surface area contributed by atoms with Crippen LogP contribution in [0.15, 0.2) is 12.3 Å². The number of fused-ring (bicyclic) bond motifs is 1. The number of nitrogens with zero attached hydrogens (tertiary/aromatic N) is 3. The Morgan fingerprint density at radius 2 is 2.33 bits per heavy atom. The SMILES string of the molecule is Cn1nc(N)c2cc(I)cnc21. The van der Waals surface area contributed by atoms with Gasteiger partial charge in [0.1, 0.15) is 0 Å². The van der Waals surface area contributed by atoms with Crippen molar-refractivity contribution in [3.05, 3.63) is 15.8 Å². The number of halogens is 1. The Bertz CT molecular complexity index is 434. The standard InChI is InChI=1S/C7H7IN4/c1-12-7-5(6(9)11-12)2-4(8)3-10-7/h2-3H,1H3,(H2,9,11). The maximum atomic E-state index is 5.67. The van der Waals surface area contributed by atoms with Crippen LogP contribution in [0.1, 0.15) is 0 Å². The van der Waals surface area contributed by atoms with E-state index in [4.69, 9.17) is 5.73 Å². The highest BCUT2D eigenvalue weighted by Crippen LogP contribution is 2.19. The first-order valence-corrected chi connectivity index (χ1v) is 4.50. The number of pyridine rings is 1. The summed E-state index contributed by atoms with van der Waals surface area (Å²) in [6, 6.07) is 1.98. The number of hydrogen-bond donors (Lipinski definition) is 1. The first-order chi connectivity index (χ1) is 5.68. The van der Waals surface area contributed by atoms with Gasteiger partial charge in [-0.05, 0) is 28.7 Å². The highest BCUT2D eigenvalue weighted by atomic mass is 127. The largest absolute Gasteiger partial charge is 0.382 e. The summed E-state index contributed by atoms with van der Waals surface area (Å²) in [4.78, 5) is 4.21. The van der Waals surface area contributed by atoms with E-state index in [1.54, 1.807) is 10.9 Å². The van der Waals surface area contributed by atoms with Crippen molar-refractivity contribution in [1.29, 1.82) is 0 Å². The molecule has 0 aliphatic carbocycles. The van der Waals surface area contributed by atoms with E-state index in [-0.39, 0.29) is 0 Å². The molecule has 62 valence electrons. The third kappa shape index (κ3) is 1.04. The van der Waals surface area contributed by atoms with Crippen LogP contribution in [0.3, 0.4) is 0 Å². The number of nitrogen functional groups attached to an aromatic ring is 1. The molecular formula is C7H7IN4. The van der Waals surface area contributed by atoms with Crippen molar-refractivity contribution in [3.8, 4) is 0 Å². The Kier molecular flexibility index (Phi) is 1.67. The predicted molar refractivity (Wildman–Crippen MR) is 55.6 cm³/mol. The summed E-state index contributed by atoms with van der Waals surface area (Å²) < 4.78 is 2.75. The Morgan fingerprint density at radius 1 is 1.58 bits per heavy atom. The average Bonchev–Trinajstić information content (AvgIpc) is 2.28. The van der Waals surface area contributed by atoms with Gasteiger partial charge in [0.2, 0.25) is 0 Å². The zero-order valence-electron chi connectivity index (χ0n) is 6.45. The van der Waals surface area contributed by atoms with Crippen LogP contribution < -0.4 is 5.73 Å². The quantitative estimate of drug-likeness (QED) is 0.733. The summed E-state index contributed by atoms with van der Waals surface area (Å²) >= 11 is 2.20. The van der Waals surface area contributed by atoms with E-state index in [1.165, 1.54) is 0 Å². The maximum Gasteiger partial charge on any atom is 0.159 e. The first-order valence-electron chi connectivity index (χ1n) is 3.42. The third-order valence-corrected chi connectivity index (χ3v) is 2.26. The van der Waals surface area contributed by atoms with Crippen LogP contribution in [0.5, 0.6) is 0 Å². The molecule has 5 heteroatoms. The van der Waals surface area contributed by atoms with Crippen molar-refractivity contribution < 1.29 is 0 Å². The van der Waals surface area contributed by atoms with Crippen LogP contribution in [0, 0.1) is 3.57 Å². The van der Waals surface area contributed by atoms with Crippen LogP contribution in [0.2, 0.25) is 0 Å². The molecule has 2 N–H and O–H groups in total. The molecule has 0 aliphatic rings. The van der Waals surface area contributed by atoms with Gasteiger partial charge in [-0.1, -0.05) is 0 Å². The number of hydrogen-bond acceptors (Lipinski definition) is 3. The van der Waals surface area contributed by atoms with Crippen molar-refractivity contribution in [1.82, 2.24) is 14.8 Å². The third-order valence-electron chi connectivity index (χ3n) is 1.67. The fourth-order valence-electron chi connectivity index (χ4n) is 1.14. The molecule has 0 saturated carbocycles. The number of aryl methyl sites for hydroxylation is 1. The minimum absolute atomic E-state index is 0.540. The highest BCUT2D eigenvalue weighted by Gasteiger charge is 2.05. The number of nitrogens with two attached hydrogens (primary N) is 1. The molecule has 2 aromatic heterocycles. The average molecular weight is 274 g/mol. The summed E-state index contributed by atoms with van der Waals surface area (Å²) in [5.41, 5.74) is 6.50. The zero-order valence-corrected chi connectivity index (χ0v) is 8.61. The van der Waals surface area contributed by atoms with E-state index in [0.717, 1.165) is 14.6 Å². The summed E-state index contributed by atoms with van der Waals surface area (Å²) in [6.45, 7) is 0. The van der Waals surface area contributed by atoms with Gasteiger partial charge in [-0.25, -0.2) is 9.67 Å². The molecule has 0 spiro atoms. The molecule has 0 aliphatic heterocycles. The van der Waals surface area contributed by atoms with Crippen molar-refractivity contribution in [2.24, 2.45) is 7.05 Å². The maximum absolute atomic E-state index is 5.67. The lowest BCUT2D eigenvalue weighted by atomic mass is 10.3. The molecule has 12 heavy (non-hydrogen) atoms. The molecule has 0 saturated heterocycles. The lowest BCUT2D eigenvalue weighted by Gasteiger charge is -1.92. The lowest BCUT2D eigenvalue weighted by Crippen LogP contribution is -1.92. The highest BCUT2D eigenvalue weighted by molar-refractivity contribution is 14.1. The van der Waals surface area contributed by atoms with E-state index in [2.05, 4.69) is 32.7 Å². The number of anilines is 1. The molecule has 0 unspecified atom stereocenters. The Hall–Kier alpha value is -0.850. The molecule has 0 aromatic carbocycles. The topological polar surface area (TPSA) is 56.7 Å². The van der Waals surface area contributed by atoms with Crippen molar-refractivity contribution in [2.45, 2.75) is 0 Å². The molecule has 0 bridgehead atoms. The van der Waals surface area contributed by atoms with Gasteiger partial charge in [0.05, 0.1) is 5.39 Å². The van der Waals surface area contributed by atoms with Crippen LogP contribution in [-0.4, -0.2) is 14.8 Å². The second-order valence-corrected chi connectivity index (χ2v) is 3.78.